The van der Waals surface area contributed by atoms with Gasteiger partial charge in [0.15, 0.2) is 5.75 Å². The van der Waals surface area contributed by atoms with Crippen molar-refractivity contribution < 1.29 is 22.3 Å². The van der Waals surface area contributed by atoms with Gasteiger partial charge in [0.1, 0.15) is 16.5 Å². The number of fused-ring (bicyclic) bond motifs is 2. The van der Waals surface area contributed by atoms with Crippen molar-refractivity contribution in [3.8, 4) is 11.5 Å². The molecular weight excluding hydrogens is 473 g/mol. The lowest BCUT2D eigenvalue weighted by atomic mass is 9.65. The summed E-state index contributed by atoms with van der Waals surface area (Å²) in [7, 11) is -4.31. The maximum atomic E-state index is 14.3. The van der Waals surface area contributed by atoms with Gasteiger partial charge in [-0.2, -0.15) is 0 Å². The number of amides is 1. The molecular formula is C22H17ClFN3O5S. The number of rotatable bonds is 5. The SMILES string of the molecule is O=C1Nc2c(Oc3cc[nH]c(=O)c3)cc(NS(=O)(=O)c3ccc(Cl)cc3F)cc2C12CCC2. The summed E-state index contributed by atoms with van der Waals surface area (Å²) in [5, 5.41) is 2.89. The summed E-state index contributed by atoms with van der Waals surface area (Å²) >= 11 is 5.73. The van der Waals surface area contributed by atoms with Crippen molar-refractivity contribution in [3.63, 3.8) is 0 Å². The average Bonchev–Trinajstić information content (AvgIpc) is 2.99. The second kappa shape index (κ2) is 7.60. The number of aromatic nitrogens is 1. The Morgan fingerprint density at radius 2 is 1.88 bits per heavy atom. The van der Waals surface area contributed by atoms with E-state index in [0.717, 1.165) is 18.6 Å². The average molecular weight is 490 g/mol. The van der Waals surface area contributed by atoms with Crippen LogP contribution in [0.1, 0.15) is 24.8 Å². The van der Waals surface area contributed by atoms with Crippen LogP contribution in [0.5, 0.6) is 11.5 Å². The minimum atomic E-state index is -4.31. The summed E-state index contributed by atoms with van der Waals surface area (Å²) in [6.07, 6.45) is 3.47. The van der Waals surface area contributed by atoms with Gasteiger partial charge < -0.3 is 15.0 Å². The number of hydrogen-bond donors (Lipinski definition) is 3. The quantitative estimate of drug-likeness (QED) is 0.498. The van der Waals surface area contributed by atoms with E-state index in [-0.39, 0.29) is 28.1 Å². The molecule has 11 heteroatoms. The number of hydrogen-bond acceptors (Lipinski definition) is 5. The van der Waals surface area contributed by atoms with Gasteiger partial charge in [-0.3, -0.25) is 14.3 Å². The predicted octanol–water partition coefficient (Wildman–Crippen LogP) is 4.13. The number of sulfonamides is 1. The number of nitrogens with one attached hydrogen (secondary N) is 3. The molecule has 1 fully saturated rings. The molecule has 1 saturated carbocycles. The Hall–Kier alpha value is -3.37. The molecule has 5 rings (SSSR count). The van der Waals surface area contributed by atoms with E-state index in [0.29, 0.717) is 24.1 Å². The molecule has 3 N–H and O–H groups in total. The highest BCUT2D eigenvalue weighted by atomic mass is 35.5. The summed E-state index contributed by atoms with van der Waals surface area (Å²) in [6, 6.07) is 8.93. The van der Waals surface area contributed by atoms with E-state index >= 15 is 0 Å². The van der Waals surface area contributed by atoms with E-state index in [9.17, 15) is 22.4 Å². The monoisotopic (exact) mass is 489 g/mol. The first-order valence-electron chi connectivity index (χ1n) is 10.0. The molecule has 0 atom stereocenters. The van der Waals surface area contributed by atoms with Gasteiger partial charge in [-0.05, 0) is 48.7 Å². The maximum Gasteiger partial charge on any atom is 0.264 e. The number of ether oxygens (including phenoxy) is 1. The molecule has 1 aliphatic carbocycles. The third kappa shape index (κ3) is 3.65. The van der Waals surface area contributed by atoms with Crippen LogP contribution in [0.3, 0.4) is 0 Å². The van der Waals surface area contributed by atoms with Crippen molar-refractivity contribution in [2.75, 3.05) is 10.0 Å². The molecule has 8 nitrogen and oxygen atoms in total. The number of carbonyl (C=O) groups excluding carboxylic acids is 1. The van der Waals surface area contributed by atoms with Crippen LogP contribution in [0, 0.1) is 5.82 Å². The van der Waals surface area contributed by atoms with E-state index < -0.39 is 31.7 Å². The van der Waals surface area contributed by atoms with Crippen molar-refractivity contribution in [1.29, 1.82) is 0 Å². The van der Waals surface area contributed by atoms with Gasteiger partial charge in [0.05, 0.1) is 16.8 Å². The molecule has 0 radical (unpaired) electrons. The first-order valence-corrected chi connectivity index (χ1v) is 11.9. The summed E-state index contributed by atoms with van der Waals surface area (Å²) < 4.78 is 48.3. The minimum absolute atomic E-state index is 0.0639. The predicted molar refractivity (Wildman–Crippen MR) is 120 cm³/mol. The van der Waals surface area contributed by atoms with Gasteiger partial charge in [0.25, 0.3) is 15.6 Å². The second-order valence-corrected chi connectivity index (χ2v) is 10.0. The zero-order chi connectivity index (χ0) is 23.4. The van der Waals surface area contributed by atoms with Gasteiger partial charge >= 0.3 is 0 Å². The van der Waals surface area contributed by atoms with Crippen LogP contribution in [0.4, 0.5) is 15.8 Å². The number of aromatic amines is 1. The third-order valence-electron chi connectivity index (χ3n) is 5.91. The van der Waals surface area contributed by atoms with Crippen molar-refractivity contribution in [3.05, 3.63) is 75.4 Å². The van der Waals surface area contributed by atoms with Gasteiger partial charge in [-0.15, -0.1) is 0 Å². The smallest absolute Gasteiger partial charge is 0.264 e. The second-order valence-electron chi connectivity index (χ2n) is 7.96. The van der Waals surface area contributed by atoms with Crippen LogP contribution in [0.25, 0.3) is 0 Å². The number of H-pyrrole nitrogens is 1. The van der Waals surface area contributed by atoms with Crippen LogP contribution in [0.2, 0.25) is 5.02 Å². The van der Waals surface area contributed by atoms with Gasteiger partial charge in [0, 0.05) is 23.4 Å². The molecule has 170 valence electrons. The van der Waals surface area contributed by atoms with Crippen LogP contribution in [0.15, 0.2) is 58.4 Å². The highest BCUT2D eigenvalue weighted by Gasteiger charge is 2.52. The van der Waals surface area contributed by atoms with E-state index in [2.05, 4.69) is 15.0 Å². The van der Waals surface area contributed by atoms with Gasteiger partial charge in [-0.1, -0.05) is 18.0 Å². The Morgan fingerprint density at radius 1 is 1.09 bits per heavy atom. The number of anilines is 2. The lowest BCUT2D eigenvalue weighted by Gasteiger charge is -2.36. The Labute approximate surface area is 192 Å². The van der Waals surface area contributed by atoms with Crippen LogP contribution in [-0.4, -0.2) is 19.3 Å². The topological polar surface area (TPSA) is 117 Å². The zero-order valence-corrected chi connectivity index (χ0v) is 18.5. The number of pyridine rings is 1. The van der Waals surface area contributed by atoms with E-state index in [1.165, 1.54) is 30.5 Å². The molecule has 2 heterocycles. The molecule has 33 heavy (non-hydrogen) atoms. The minimum Gasteiger partial charge on any atom is -0.455 e. The molecule has 1 aliphatic heterocycles. The fraction of sp³-hybridized carbons (Fsp3) is 0.182. The van der Waals surface area contributed by atoms with Crippen LogP contribution in [-0.2, 0) is 20.2 Å². The number of halogens is 2. The number of benzene rings is 2. The Balaban J connectivity index is 1.60. The fourth-order valence-electron chi connectivity index (χ4n) is 4.16. The highest BCUT2D eigenvalue weighted by Crippen LogP contribution is 2.55. The summed E-state index contributed by atoms with van der Waals surface area (Å²) in [4.78, 5) is 26.3. The third-order valence-corrected chi connectivity index (χ3v) is 7.56. The molecule has 2 aliphatic rings. The number of carbonyl (C=O) groups is 1. The Kier molecular flexibility index (Phi) is 4.95. The van der Waals surface area contributed by atoms with Crippen LogP contribution < -0.4 is 20.3 Å². The molecule has 2 aromatic carbocycles. The summed E-state index contributed by atoms with van der Waals surface area (Å²) in [6.45, 7) is 0. The Morgan fingerprint density at radius 3 is 2.55 bits per heavy atom. The molecule has 0 unspecified atom stereocenters. The molecule has 1 aromatic heterocycles. The first-order chi connectivity index (χ1) is 15.7. The van der Waals surface area contributed by atoms with Crippen molar-refractivity contribution in [2.45, 2.75) is 29.6 Å². The van der Waals surface area contributed by atoms with E-state index in [4.69, 9.17) is 16.3 Å². The molecule has 1 amide bonds. The largest absolute Gasteiger partial charge is 0.455 e. The van der Waals surface area contributed by atoms with Crippen molar-refractivity contribution >= 4 is 38.9 Å². The first kappa shape index (κ1) is 21.5. The lowest BCUT2D eigenvalue weighted by molar-refractivity contribution is -0.123. The Bertz CT molecular complexity index is 1470. The maximum absolute atomic E-state index is 14.3. The van der Waals surface area contributed by atoms with Crippen LogP contribution >= 0.6 is 11.6 Å². The van der Waals surface area contributed by atoms with E-state index in [1.54, 1.807) is 6.07 Å². The molecule has 1 spiro atoms. The summed E-state index contributed by atoms with van der Waals surface area (Å²) in [5.41, 5.74) is -0.0606. The lowest BCUT2D eigenvalue weighted by Crippen LogP contribution is -2.40. The fourth-order valence-corrected chi connectivity index (χ4v) is 5.42. The summed E-state index contributed by atoms with van der Waals surface area (Å²) in [5.74, 6) is -0.829. The normalized spacial score (nSPS) is 16.1. The molecule has 0 bridgehead atoms. The molecule has 3 aromatic rings. The van der Waals surface area contributed by atoms with Gasteiger partial charge in [0.2, 0.25) is 5.91 Å². The highest BCUT2D eigenvalue weighted by molar-refractivity contribution is 7.92. The standard InChI is InChI=1S/C22H17ClFN3O5S/c23-12-2-3-18(16(24)8-12)33(30,31)27-13-9-15-20(26-21(29)22(15)5-1-6-22)17(10-13)32-14-4-7-25-19(28)11-14/h2-4,7-11,27H,1,5-6H2,(H,25,28)(H,26,29). The van der Waals surface area contributed by atoms with Gasteiger partial charge in [-0.25, -0.2) is 12.8 Å². The van der Waals surface area contributed by atoms with Crippen molar-refractivity contribution in [1.82, 2.24) is 4.98 Å². The van der Waals surface area contributed by atoms with Crippen molar-refractivity contribution in [2.24, 2.45) is 0 Å². The van der Waals surface area contributed by atoms with E-state index in [1.807, 2.05) is 0 Å². The zero-order valence-electron chi connectivity index (χ0n) is 16.9. The molecule has 0 saturated heterocycles.